The van der Waals surface area contributed by atoms with Crippen LogP contribution in [0.4, 0.5) is 0 Å². The molecule has 2 heterocycles. The lowest BCUT2D eigenvalue weighted by atomic mass is 9.95. The van der Waals surface area contributed by atoms with Crippen LogP contribution >= 0.6 is 0 Å². The van der Waals surface area contributed by atoms with E-state index in [1.165, 1.54) is 6.42 Å². The maximum absolute atomic E-state index is 4.07. The van der Waals surface area contributed by atoms with E-state index in [1.54, 1.807) is 0 Å². The standard InChI is InChI=1S/C9H15N3/c1-8-2-3-10-6-9(8)12-5-4-11-7-12/h4-5,7-10H,2-3,6H2,1H3/t8-,9+/m0/s1. The summed E-state index contributed by atoms with van der Waals surface area (Å²) in [6.45, 7) is 4.55. The van der Waals surface area contributed by atoms with E-state index in [2.05, 4.69) is 21.8 Å². The average Bonchev–Trinajstić information content (AvgIpc) is 2.57. The predicted molar refractivity (Wildman–Crippen MR) is 47.9 cm³/mol. The summed E-state index contributed by atoms with van der Waals surface area (Å²) in [6, 6.07) is 0.598. The van der Waals surface area contributed by atoms with Crippen molar-refractivity contribution in [1.29, 1.82) is 0 Å². The van der Waals surface area contributed by atoms with Crippen molar-refractivity contribution in [3.8, 4) is 0 Å². The van der Waals surface area contributed by atoms with Crippen molar-refractivity contribution in [3.63, 3.8) is 0 Å². The van der Waals surface area contributed by atoms with Gasteiger partial charge in [-0.2, -0.15) is 0 Å². The van der Waals surface area contributed by atoms with Crippen LogP contribution in [0.15, 0.2) is 18.7 Å². The molecular weight excluding hydrogens is 150 g/mol. The summed E-state index contributed by atoms with van der Waals surface area (Å²) in [5.74, 6) is 0.764. The molecule has 1 fully saturated rings. The fourth-order valence-corrected chi connectivity index (χ4v) is 1.84. The van der Waals surface area contributed by atoms with Gasteiger partial charge in [-0.05, 0) is 18.9 Å². The fourth-order valence-electron chi connectivity index (χ4n) is 1.84. The molecular formula is C9H15N3. The molecule has 2 rings (SSSR count). The van der Waals surface area contributed by atoms with Crippen LogP contribution in [0, 0.1) is 5.92 Å². The SMILES string of the molecule is C[C@H]1CCNC[C@H]1n1ccnc1. The number of imidazole rings is 1. The van der Waals surface area contributed by atoms with Gasteiger partial charge in [-0.3, -0.25) is 0 Å². The van der Waals surface area contributed by atoms with Gasteiger partial charge in [0, 0.05) is 25.0 Å². The van der Waals surface area contributed by atoms with Gasteiger partial charge in [0.2, 0.25) is 0 Å². The topological polar surface area (TPSA) is 29.9 Å². The van der Waals surface area contributed by atoms with E-state index in [1.807, 2.05) is 18.7 Å². The number of hydrogen-bond acceptors (Lipinski definition) is 2. The van der Waals surface area contributed by atoms with Crippen molar-refractivity contribution in [1.82, 2.24) is 14.9 Å². The molecule has 1 aromatic rings. The van der Waals surface area contributed by atoms with Crippen LogP contribution < -0.4 is 5.32 Å². The monoisotopic (exact) mass is 165 g/mol. The summed E-state index contributed by atoms with van der Waals surface area (Å²) < 4.78 is 2.21. The zero-order chi connectivity index (χ0) is 8.39. The molecule has 3 heteroatoms. The summed E-state index contributed by atoms with van der Waals surface area (Å²) in [7, 11) is 0. The number of rotatable bonds is 1. The minimum Gasteiger partial charge on any atom is -0.333 e. The highest BCUT2D eigenvalue weighted by atomic mass is 15.1. The van der Waals surface area contributed by atoms with E-state index in [9.17, 15) is 0 Å². The Bertz CT molecular complexity index is 230. The van der Waals surface area contributed by atoms with Gasteiger partial charge >= 0.3 is 0 Å². The first-order valence-corrected chi connectivity index (χ1v) is 4.56. The van der Waals surface area contributed by atoms with E-state index in [0.717, 1.165) is 19.0 Å². The molecule has 66 valence electrons. The molecule has 0 spiro atoms. The highest BCUT2D eigenvalue weighted by Crippen LogP contribution is 2.22. The second-order valence-electron chi connectivity index (χ2n) is 3.55. The van der Waals surface area contributed by atoms with Crippen LogP contribution in [0.2, 0.25) is 0 Å². The Balaban J connectivity index is 2.11. The van der Waals surface area contributed by atoms with E-state index in [0.29, 0.717) is 6.04 Å². The minimum atomic E-state index is 0.598. The highest BCUT2D eigenvalue weighted by Gasteiger charge is 2.21. The first-order valence-electron chi connectivity index (χ1n) is 4.56. The molecule has 1 N–H and O–H groups in total. The first kappa shape index (κ1) is 7.80. The molecule has 1 saturated heterocycles. The number of nitrogens with zero attached hydrogens (tertiary/aromatic N) is 2. The van der Waals surface area contributed by atoms with Gasteiger partial charge in [-0.25, -0.2) is 4.98 Å². The lowest BCUT2D eigenvalue weighted by Crippen LogP contribution is -2.36. The highest BCUT2D eigenvalue weighted by molar-refractivity contribution is 4.86. The predicted octanol–water partition coefficient (Wildman–Crippen LogP) is 1.05. The van der Waals surface area contributed by atoms with E-state index in [-0.39, 0.29) is 0 Å². The third kappa shape index (κ3) is 1.37. The van der Waals surface area contributed by atoms with E-state index >= 15 is 0 Å². The molecule has 2 atom stereocenters. The quantitative estimate of drug-likeness (QED) is 0.674. The van der Waals surface area contributed by atoms with Crippen molar-refractivity contribution in [2.24, 2.45) is 5.92 Å². The molecule has 0 saturated carbocycles. The molecule has 0 radical (unpaired) electrons. The van der Waals surface area contributed by atoms with Gasteiger partial charge in [0.15, 0.2) is 0 Å². The lowest BCUT2D eigenvalue weighted by molar-refractivity contribution is 0.274. The van der Waals surface area contributed by atoms with Crippen molar-refractivity contribution in [3.05, 3.63) is 18.7 Å². The largest absolute Gasteiger partial charge is 0.333 e. The van der Waals surface area contributed by atoms with Gasteiger partial charge in [-0.1, -0.05) is 6.92 Å². The van der Waals surface area contributed by atoms with Crippen LogP contribution in [-0.2, 0) is 0 Å². The van der Waals surface area contributed by atoms with Crippen molar-refractivity contribution in [2.75, 3.05) is 13.1 Å². The fraction of sp³-hybridized carbons (Fsp3) is 0.667. The maximum atomic E-state index is 4.07. The van der Waals surface area contributed by atoms with Crippen molar-refractivity contribution >= 4 is 0 Å². The number of aromatic nitrogens is 2. The van der Waals surface area contributed by atoms with Crippen LogP contribution in [0.25, 0.3) is 0 Å². The van der Waals surface area contributed by atoms with Crippen molar-refractivity contribution in [2.45, 2.75) is 19.4 Å². The van der Waals surface area contributed by atoms with Gasteiger partial charge in [0.1, 0.15) is 0 Å². The van der Waals surface area contributed by atoms with Crippen LogP contribution in [0.3, 0.4) is 0 Å². The molecule has 0 aromatic carbocycles. The maximum Gasteiger partial charge on any atom is 0.0949 e. The Morgan fingerprint density at radius 2 is 2.50 bits per heavy atom. The molecule has 0 amide bonds. The molecule has 1 aliphatic rings. The van der Waals surface area contributed by atoms with E-state index in [4.69, 9.17) is 0 Å². The summed E-state index contributed by atoms with van der Waals surface area (Å²) in [5, 5.41) is 3.40. The summed E-state index contributed by atoms with van der Waals surface area (Å²) in [5.41, 5.74) is 0. The second kappa shape index (κ2) is 3.27. The number of hydrogen-bond donors (Lipinski definition) is 1. The Morgan fingerprint density at radius 3 is 3.17 bits per heavy atom. The molecule has 0 bridgehead atoms. The molecule has 3 nitrogen and oxygen atoms in total. The third-order valence-corrected chi connectivity index (χ3v) is 2.69. The van der Waals surface area contributed by atoms with Gasteiger partial charge in [-0.15, -0.1) is 0 Å². The summed E-state index contributed by atoms with van der Waals surface area (Å²) >= 11 is 0. The molecule has 0 unspecified atom stereocenters. The zero-order valence-electron chi connectivity index (χ0n) is 7.40. The Hall–Kier alpha value is -0.830. The van der Waals surface area contributed by atoms with Gasteiger partial charge in [0.25, 0.3) is 0 Å². The van der Waals surface area contributed by atoms with Crippen LogP contribution in [0.1, 0.15) is 19.4 Å². The molecule has 1 aliphatic heterocycles. The summed E-state index contributed by atoms with van der Waals surface area (Å²) in [6.07, 6.45) is 7.08. The lowest BCUT2D eigenvalue weighted by Gasteiger charge is -2.30. The van der Waals surface area contributed by atoms with Crippen LogP contribution in [0.5, 0.6) is 0 Å². The molecule has 12 heavy (non-hydrogen) atoms. The first-order chi connectivity index (χ1) is 5.88. The third-order valence-electron chi connectivity index (χ3n) is 2.69. The van der Waals surface area contributed by atoms with Crippen LogP contribution in [-0.4, -0.2) is 22.6 Å². The van der Waals surface area contributed by atoms with Crippen molar-refractivity contribution < 1.29 is 0 Å². The Labute approximate surface area is 72.8 Å². The smallest absolute Gasteiger partial charge is 0.0949 e. The number of piperidine rings is 1. The van der Waals surface area contributed by atoms with Gasteiger partial charge in [0.05, 0.1) is 6.33 Å². The Morgan fingerprint density at radius 1 is 1.58 bits per heavy atom. The molecule has 0 aliphatic carbocycles. The average molecular weight is 165 g/mol. The summed E-state index contributed by atoms with van der Waals surface area (Å²) in [4.78, 5) is 4.07. The second-order valence-corrected chi connectivity index (χ2v) is 3.55. The van der Waals surface area contributed by atoms with E-state index < -0.39 is 0 Å². The minimum absolute atomic E-state index is 0.598. The normalized spacial score (nSPS) is 30.4. The van der Waals surface area contributed by atoms with Gasteiger partial charge < -0.3 is 9.88 Å². The molecule has 1 aromatic heterocycles. The Kier molecular flexibility index (Phi) is 2.13. The zero-order valence-corrected chi connectivity index (χ0v) is 7.40. The number of nitrogens with one attached hydrogen (secondary N) is 1.